The Balaban J connectivity index is 0.00000144. The molecule has 24 heavy (non-hydrogen) atoms. The van der Waals surface area contributed by atoms with Gasteiger partial charge in [-0.05, 0) is 17.7 Å². The van der Waals surface area contributed by atoms with Gasteiger partial charge in [0.1, 0.15) is 13.2 Å². The molecule has 1 saturated heterocycles. The number of fused-ring (bicyclic) bond motifs is 1. The molecule has 2 aliphatic rings. The summed E-state index contributed by atoms with van der Waals surface area (Å²) in [7, 11) is 0. The summed E-state index contributed by atoms with van der Waals surface area (Å²) in [5.74, 6) is 1.13. The molecule has 2 aliphatic heterocycles. The normalized spacial score (nSPS) is 19.0. The average Bonchev–Trinajstić information content (AvgIpc) is 2.52. The van der Waals surface area contributed by atoms with Crippen LogP contribution < -0.4 is 14.8 Å². The Morgan fingerprint density at radius 2 is 1.67 bits per heavy atom. The molecule has 0 aromatic heterocycles. The van der Waals surface area contributed by atoms with Gasteiger partial charge in [0.25, 0.3) is 0 Å². The third-order valence-electron chi connectivity index (χ3n) is 3.97. The molecule has 3 rings (SSSR count). The number of hydrogen-bond donors (Lipinski definition) is 1. The molecule has 1 fully saturated rings. The van der Waals surface area contributed by atoms with E-state index in [1.165, 1.54) is 0 Å². The first kappa shape index (κ1) is 21.2. The number of nitrogens with one attached hydrogen (secondary N) is 1. The summed E-state index contributed by atoms with van der Waals surface area (Å²) in [4.78, 5) is 1.88. The second kappa shape index (κ2) is 8.99. The fourth-order valence-electron chi connectivity index (χ4n) is 2.94. The summed E-state index contributed by atoms with van der Waals surface area (Å²) in [6, 6.07) is 4.42. The minimum absolute atomic E-state index is 0. The molecule has 0 aliphatic carbocycles. The van der Waals surface area contributed by atoms with Crippen LogP contribution in [0, 0.1) is 0 Å². The monoisotopic (exact) mass is 388 g/mol. The summed E-state index contributed by atoms with van der Waals surface area (Å²) in [6.07, 6.45) is -5.06. The van der Waals surface area contributed by atoms with Crippen LogP contribution >= 0.6 is 24.8 Å². The first-order valence-electron chi connectivity index (χ1n) is 7.44. The van der Waals surface area contributed by atoms with Crippen LogP contribution in [0.5, 0.6) is 11.5 Å². The minimum atomic E-state index is -4.21. The van der Waals surface area contributed by atoms with Crippen molar-refractivity contribution in [2.45, 2.75) is 18.6 Å². The number of alkyl halides is 3. The van der Waals surface area contributed by atoms with Crippen LogP contribution in [0.2, 0.25) is 0 Å². The van der Waals surface area contributed by atoms with Gasteiger partial charge in [-0.2, -0.15) is 13.2 Å². The van der Waals surface area contributed by atoms with Gasteiger partial charge in [-0.25, -0.2) is 0 Å². The average molecular weight is 389 g/mol. The lowest BCUT2D eigenvalue weighted by molar-refractivity contribution is -0.148. The summed E-state index contributed by atoms with van der Waals surface area (Å²) < 4.78 is 49.9. The maximum absolute atomic E-state index is 13.0. The van der Waals surface area contributed by atoms with Crippen LogP contribution in [-0.4, -0.2) is 50.5 Å². The van der Waals surface area contributed by atoms with Crippen molar-refractivity contribution in [3.05, 3.63) is 23.8 Å². The van der Waals surface area contributed by atoms with Gasteiger partial charge < -0.3 is 14.8 Å². The summed E-state index contributed by atoms with van der Waals surface area (Å²) in [5.41, 5.74) is 0.628. The van der Waals surface area contributed by atoms with E-state index in [1.807, 2.05) is 4.90 Å². The van der Waals surface area contributed by atoms with Gasteiger partial charge >= 0.3 is 6.18 Å². The standard InChI is InChI=1S/C15H19F3N2O2.2ClH/c16-15(17,18)10-12(20-5-3-19-4-6-20)11-1-2-13-14(9-11)22-8-7-21-13;;/h1-2,9,12,19H,3-8,10H2;2*1H/t12-;;/m0../s1. The Bertz CT molecular complexity index is 526. The number of piperazine rings is 1. The van der Waals surface area contributed by atoms with E-state index in [2.05, 4.69) is 5.32 Å². The number of rotatable bonds is 3. The van der Waals surface area contributed by atoms with Crippen molar-refractivity contribution >= 4 is 24.8 Å². The molecule has 0 unspecified atom stereocenters. The Morgan fingerprint density at radius 3 is 2.29 bits per heavy atom. The lowest BCUT2D eigenvalue weighted by atomic mass is 10.00. The van der Waals surface area contributed by atoms with E-state index >= 15 is 0 Å². The van der Waals surface area contributed by atoms with E-state index in [4.69, 9.17) is 9.47 Å². The number of benzene rings is 1. The molecule has 9 heteroatoms. The predicted molar refractivity (Wildman–Crippen MR) is 89.8 cm³/mol. The van der Waals surface area contributed by atoms with Crippen molar-refractivity contribution in [3.8, 4) is 11.5 Å². The molecule has 0 saturated carbocycles. The summed E-state index contributed by atoms with van der Waals surface area (Å²) in [6.45, 7) is 3.52. The molecule has 0 radical (unpaired) electrons. The second-order valence-electron chi connectivity index (χ2n) is 5.52. The summed E-state index contributed by atoms with van der Waals surface area (Å²) >= 11 is 0. The molecule has 2 heterocycles. The largest absolute Gasteiger partial charge is 0.486 e. The Kier molecular flexibility index (Phi) is 7.92. The van der Waals surface area contributed by atoms with E-state index in [1.54, 1.807) is 18.2 Å². The molecule has 1 aromatic rings. The van der Waals surface area contributed by atoms with Gasteiger partial charge in [0.05, 0.1) is 6.42 Å². The number of hydrogen-bond acceptors (Lipinski definition) is 4. The van der Waals surface area contributed by atoms with Crippen molar-refractivity contribution in [2.24, 2.45) is 0 Å². The van der Waals surface area contributed by atoms with E-state index in [9.17, 15) is 13.2 Å². The van der Waals surface area contributed by atoms with E-state index in [0.717, 1.165) is 0 Å². The molecule has 1 atom stereocenters. The molecule has 1 aromatic carbocycles. The first-order valence-corrected chi connectivity index (χ1v) is 7.44. The molecule has 138 valence electrons. The minimum Gasteiger partial charge on any atom is -0.486 e. The Hall–Kier alpha value is -0.890. The van der Waals surface area contributed by atoms with Crippen LogP contribution in [0.25, 0.3) is 0 Å². The zero-order valence-electron chi connectivity index (χ0n) is 13.0. The predicted octanol–water partition coefficient (Wildman–Crippen LogP) is 3.20. The van der Waals surface area contributed by atoms with Gasteiger partial charge in [-0.15, -0.1) is 24.8 Å². The van der Waals surface area contributed by atoms with Gasteiger partial charge in [0.2, 0.25) is 0 Å². The third kappa shape index (κ3) is 5.31. The molecule has 0 bridgehead atoms. The van der Waals surface area contributed by atoms with Gasteiger partial charge in [0, 0.05) is 32.2 Å². The highest BCUT2D eigenvalue weighted by Crippen LogP contribution is 2.38. The van der Waals surface area contributed by atoms with E-state index < -0.39 is 18.6 Å². The number of halogens is 5. The lowest BCUT2D eigenvalue weighted by Gasteiger charge is -2.36. The van der Waals surface area contributed by atoms with Crippen molar-refractivity contribution in [1.82, 2.24) is 10.2 Å². The first-order chi connectivity index (χ1) is 10.5. The van der Waals surface area contributed by atoms with Crippen molar-refractivity contribution in [2.75, 3.05) is 39.4 Å². The van der Waals surface area contributed by atoms with Crippen LogP contribution in [0.1, 0.15) is 18.0 Å². The third-order valence-corrected chi connectivity index (χ3v) is 3.97. The van der Waals surface area contributed by atoms with Crippen molar-refractivity contribution < 1.29 is 22.6 Å². The molecule has 1 N–H and O–H groups in total. The van der Waals surface area contributed by atoms with Gasteiger partial charge in [0.15, 0.2) is 11.5 Å². The number of nitrogens with zero attached hydrogens (tertiary/aromatic N) is 1. The van der Waals surface area contributed by atoms with Crippen LogP contribution in [0.4, 0.5) is 13.2 Å². The highest BCUT2D eigenvalue weighted by molar-refractivity contribution is 5.85. The molecule has 0 amide bonds. The van der Waals surface area contributed by atoms with Crippen LogP contribution in [-0.2, 0) is 0 Å². The fourth-order valence-corrected chi connectivity index (χ4v) is 2.94. The summed E-state index contributed by atoms with van der Waals surface area (Å²) in [5, 5.41) is 3.17. The lowest BCUT2D eigenvalue weighted by Crippen LogP contribution is -2.46. The highest BCUT2D eigenvalue weighted by atomic mass is 35.5. The van der Waals surface area contributed by atoms with Crippen LogP contribution in [0.3, 0.4) is 0 Å². The van der Waals surface area contributed by atoms with E-state index in [-0.39, 0.29) is 24.8 Å². The molecule has 4 nitrogen and oxygen atoms in total. The van der Waals surface area contributed by atoms with Gasteiger partial charge in [-0.1, -0.05) is 6.07 Å². The van der Waals surface area contributed by atoms with Crippen molar-refractivity contribution in [1.29, 1.82) is 0 Å². The molecular weight excluding hydrogens is 368 g/mol. The van der Waals surface area contributed by atoms with E-state index in [0.29, 0.717) is 56.5 Å². The Morgan fingerprint density at radius 1 is 1.04 bits per heavy atom. The quantitative estimate of drug-likeness (QED) is 0.861. The number of ether oxygens (including phenoxy) is 2. The second-order valence-corrected chi connectivity index (χ2v) is 5.52. The van der Waals surface area contributed by atoms with Crippen LogP contribution in [0.15, 0.2) is 18.2 Å². The SMILES string of the molecule is Cl.Cl.FC(F)(F)C[C@@H](c1ccc2c(c1)OCCO2)N1CCNCC1. The van der Waals surface area contributed by atoms with Gasteiger partial charge in [-0.3, -0.25) is 4.90 Å². The Labute approximate surface area is 151 Å². The maximum Gasteiger partial charge on any atom is 0.390 e. The topological polar surface area (TPSA) is 33.7 Å². The molecule has 0 spiro atoms. The zero-order chi connectivity index (χ0) is 15.6. The molecular formula is C15H21Cl2F3N2O2. The maximum atomic E-state index is 13.0. The zero-order valence-corrected chi connectivity index (χ0v) is 14.6. The van der Waals surface area contributed by atoms with Crippen molar-refractivity contribution in [3.63, 3.8) is 0 Å². The smallest absolute Gasteiger partial charge is 0.390 e. The highest BCUT2D eigenvalue weighted by Gasteiger charge is 2.36. The fraction of sp³-hybridized carbons (Fsp3) is 0.600.